The normalized spacial score (nSPS) is 17.1. The molecule has 1 aromatic heterocycles. The van der Waals surface area contributed by atoms with E-state index in [4.69, 9.17) is 20.0 Å². The summed E-state index contributed by atoms with van der Waals surface area (Å²) in [5.41, 5.74) is -2.62. The molecule has 1 aromatic carbocycles. The van der Waals surface area contributed by atoms with Crippen LogP contribution in [0.2, 0.25) is 0 Å². The van der Waals surface area contributed by atoms with Crippen LogP contribution in [-0.4, -0.2) is 31.0 Å². The number of halogens is 3. The molecule has 2 heterocycles. The van der Waals surface area contributed by atoms with Crippen LogP contribution in [0.4, 0.5) is 18.9 Å². The molecule has 0 bridgehead atoms. The summed E-state index contributed by atoms with van der Waals surface area (Å²) >= 11 is 1.34. The largest absolute Gasteiger partial charge is 0.490 e. The lowest BCUT2D eigenvalue weighted by molar-refractivity contribution is -0.236. The maximum Gasteiger partial charge on any atom is 0.432 e. The molecule has 1 aliphatic heterocycles. The number of thiophene rings is 1. The van der Waals surface area contributed by atoms with E-state index in [1.807, 2.05) is 50.3 Å². The molecule has 0 saturated heterocycles. The Morgan fingerprint density at radius 1 is 1.02 bits per heavy atom. The van der Waals surface area contributed by atoms with E-state index in [-0.39, 0.29) is 6.10 Å². The highest BCUT2D eigenvalue weighted by molar-refractivity contribution is 7.13. The molecule has 0 aliphatic carbocycles. The maximum atomic E-state index is 14.1. The Bertz CT molecular complexity index is 1520. The minimum Gasteiger partial charge on any atom is -0.490 e. The third kappa shape index (κ3) is 6.65. The van der Waals surface area contributed by atoms with Crippen molar-refractivity contribution in [2.45, 2.75) is 52.5 Å². The Labute approximate surface area is 242 Å². The quantitative estimate of drug-likeness (QED) is 0.280. The zero-order valence-electron chi connectivity index (χ0n) is 23.3. The number of rotatable bonds is 9. The first-order valence-electron chi connectivity index (χ1n) is 12.9. The Kier molecular flexibility index (Phi) is 9.71. The van der Waals surface area contributed by atoms with Crippen molar-refractivity contribution in [1.29, 1.82) is 15.8 Å². The van der Waals surface area contributed by atoms with Gasteiger partial charge >= 0.3 is 6.18 Å². The second-order valence-electron chi connectivity index (χ2n) is 9.43. The first-order valence-corrected chi connectivity index (χ1v) is 13.7. The summed E-state index contributed by atoms with van der Waals surface area (Å²) in [6.45, 7) is 10.6. The summed E-state index contributed by atoms with van der Waals surface area (Å²) in [5, 5.41) is 27.9. The third-order valence-electron chi connectivity index (χ3n) is 6.40. The predicted octanol–water partition coefficient (Wildman–Crippen LogP) is 8.04. The number of allylic oxidation sites excluding steroid dienone is 2. The summed E-state index contributed by atoms with van der Waals surface area (Å²) in [6.07, 6.45) is 1.50. The zero-order chi connectivity index (χ0) is 30.4. The fraction of sp³-hybridized carbons (Fsp3) is 0.323. The van der Waals surface area contributed by atoms with E-state index in [9.17, 15) is 18.4 Å². The number of benzene rings is 1. The fourth-order valence-electron chi connectivity index (χ4n) is 4.22. The number of nitrogens with zero attached hydrogens (tertiary/aromatic N) is 4. The monoisotopic (exact) mass is 578 g/mol. The lowest BCUT2D eigenvalue weighted by atomic mass is 9.92. The minimum atomic E-state index is -4.91. The van der Waals surface area contributed by atoms with E-state index < -0.39 is 34.3 Å². The van der Waals surface area contributed by atoms with Crippen molar-refractivity contribution < 1.29 is 22.6 Å². The lowest BCUT2D eigenvalue weighted by Crippen LogP contribution is -2.43. The highest BCUT2D eigenvalue weighted by Gasteiger charge is 2.60. The van der Waals surface area contributed by atoms with Gasteiger partial charge in [-0.15, -0.1) is 11.3 Å². The van der Waals surface area contributed by atoms with Gasteiger partial charge in [0.05, 0.1) is 6.10 Å². The van der Waals surface area contributed by atoms with Crippen LogP contribution in [0.3, 0.4) is 0 Å². The average Bonchev–Trinajstić information content (AvgIpc) is 3.50. The maximum absolute atomic E-state index is 14.1. The van der Waals surface area contributed by atoms with Crippen LogP contribution in [-0.2, 0) is 4.74 Å². The van der Waals surface area contributed by atoms with Crippen LogP contribution in [0, 0.1) is 34.0 Å². The molecule has 1 atom stereocenters. The third-order valence-corrected chi connectivity index (χ3v) is 7.41. The first-order chi connectivity index (χ1) is 19.4. The molecule has 6 nitrogen and oxygen atoms in total. The fourth-order valence-corrected chi connectivity index (χ4v) is 5.04. The van der Waals surface area contributed by atoms with Gasteiger partial charge in [-0.1, -0.05) is 6.08 Å². The van der Waals surface area contributed by atoms with E-state index in [0.29, 0.717) is 4.88 Å². The molecule has 1 unspecified atom stereocenters. The molecule has 2 aromatic rings. The van der Waals surface area contributed by atoms with E-state index in [1.165, 1.54) is 29.6 Å². The molecule has 0 N–H and O–H groups in total. The van der Waals surface area contributed by atoms with Crippen molar-refractivity contribution in [3.63, 3.8) is 0 Å². The molecule has 212 valence electrons. The van der Waals surface area contributed by atoms with Gasteiger partial charge in [0.2, 0.25) is 5.60 Å². The van der Waals surface area contributed by atoms with Crippen LogP contribution in [0.25, 0.3) is 18.2 Å². The smallest absolute Gasteiger partial charge is 0.432 e. The van der Waals surface area contributed by atoms with Gasteiger partial charge in [0.1, 0.15) is 29.5 Å². The van der Waals surface area contributed by atoms with Gasteiger partial charge in [0.15, 0.2) is 11.3 Å². The van der Waals surface area contributed by atoms with Crippen LogP contribution < -0.4 is 9.64 Å². The second-order valence-corrected chi connectivity index (χ2v) is 10.6. The van der Waals surface area contributed by atoms with Gasteiger partial charge in [0, 0.05) is 45.7 Å². The summed E-state index contributed by atoms with van der Waals surface area (Å²) in [7, 11) is 0. The molecule has 3 rings (SSSR count). The molecule has 0 amide bonds. The van der Waals surface area contributed by atoms with Gasteiger partial charge in [0.25, 0.3) is 0 Å². The van der Waals surface area contributed by atoms with Gasteiger partial charge in [-0.2, -0.15) is 29.0 Å². The summed E-state index contributed by atoms with van der Waals surface area (Å²) in [4.78, 5) is 3.71. The minimum absolute atomic E-state index is 0.0186. The van der Waals surface area contributed by atoms with Crippen molar-refractivity contribution in [3.05, 3.63) is 74.2 Å². The number of nitriles is 3. The molecule has 0 spiro atoms. The van der Waals surface area contributed by atoms with E-state index in [0.717, 1.165) is 48.0 Å². The number of alkyl halides is 3. The van der Waals surface area contributed by atoms with Crippen LogP contribution in [0.1, 0.15) is 49.9 Å². The number of hydrogen-bond acceptors (Lipinski definition) is 7. The Morgan fingerprint density at radius 3 is 2.15 bits per heavy atom. The molecule has 0 radical (unpaired) electrons. The molecular weight excluding hydrogens is 549 g/mol. The van der Waals surface area contributed by atoms with E-state index >= 15 is 0 Å². The van der Waals surface area contributed by atoms with Crippen LogP contribution in [0.15, 0.2) is 58.9 Å². The van der Waals surface area contributed by atoms with Crippen molar-refractivity contribution in [2.75, 3.05) is 18.0 Å². The summed E-state index contributed by atoms with van der Waals surface area (Å²) < 4.78 is 53.3. The summed E-state index contributed by atoms with van der Waals surface area (Å²) in [6, 6.07) is 14.3. The number of hydrogen-bond donors (Lipinski definition) is 0. The Balaban J connectivity index is 1.95. The lowest BCUT2D eigenvalue weighted by Gasteiger charge is -2.28. The van der Waals surface area contributed by atoms with Gasteiger partial charge in [-0.25, -0.2) is 0 Å². The second kappa shape index (κ2) is 12.8. The van der Waals surface area contributed by atoms with Crippen molar-refractivity contribution in [2.24, 2.45) is 0 Å². The van der Waals surface area contributed by atoms with E-state index in [1.54, 1.807) is 12.1 Å². The highest BCUT2D eigenvalue weighted by Crippen LogP contribution is 2.49. The predicted molar refractivity (Wildman–Crippen MR) is 154 cm³/mol. The first kappa shape index (κ1) is 31.1. The van der Waals surface area contributed by atoms with Gasteiger partial charge < -0.3 is 14.4 Å². The van der Waals surface area contributed by atoms with Crippen LogP contribution >= 0.6 is 11.3 Å². The Morgan fingerprint density at radius 2 is 1.63 bits per heavy atom. The van der Waals surface area contributed by atoms with Gasteiger partial charge in [-0.3, -0.25) is 0 Å². The van der Waals surface area contributed by atoms with Crippen molar-refractivity contribution >= 4 is 35.3 Å². The molecular formula is C31H29F3N4O2S. The molecule has 1 aliphatic rings. The van der Waals surface area contributed by atoms with Crippen molar-refractivity contribution in [3.8, 4) is 24.0 Å². The van der Waals surface area contributed by atoms with Crippen molar-refractivity contribution in [1.82, 2.24) is 0 Å². The molecule has 0 fully saturated rings. The molecule has 41 heavy (non-hydrogen) atoms. The SMILES string of the molecule is CCN(CC)c1ccc(/C=C/c2ccc(/C=C/C3=C(C#N)C(=C(C#N)C#N)OC3(C)C(F)(F)F)s2)c(OC(C)C)c1. The Hall–Kier alpha value is -4.46. The zero-order valence-corrected chi connectivity index (χ0v) is 24.2. The van der Waals surface area contributed by atoms with Gasteiger partial charge in [-0.05, 0) is 77.1 Å². The topological polar surface area (TPSA) is 93.1 Å². The van der Waals surface area contributed by atoms with Crippen LogP contribution in [0.5, 0.6) is 5.75 Å². The standard InChI is InChI=1S/C31H29F3N4O2S/c1-6-38(7-2)23-10-8-21(28(16-23)39-20(3)4)9-11-24-12-13-25(41-24)14-15-27-26(19-37)29(22(17-35)18-36)40-30(27,5)31(32,33)34/h8-16,20H,6-7H2,1-5H3/b11-9+,15-14+. The highest BCUT2D eigenvalue weighted by atomic mass is 32.1. The number of ether oxygens (including phenoxy) is 2. The molecule has 0 saturated carbocycles. The van der Waals surface area contributed by atoms with E-state index in [2.05, 4.69) is 18.7 Å². The summed E-state index contributed by atoms with van der Waals surface area (Å²) in [5.74, 6) is 0.0807. The molecule has 10 heteroatoms. The average molecular weight is 579 g/mol. The number of anilines is 1.